The number of methoxy groups -OCH3 is 1. The number of pyridine rings is 1. The number of hydrogen-bond donors (Lipinski definition) is 1. The van der Waals surface area contributed by atoms with Crippen molar-refractivity contribution in [1.29, 1.82) is 0 Å². The SMILES string of the molecule is COc1ccc(NC2CC2C)nc1. The van der Waals surface area contributed by atoms with Crippen molar-refractivity contribution in [3.63, 3.8) is 0 Å². The summed E-state index contributed by atoms with van der Waals surface area (Å²) in [6.07, 6.45) is 2.99. The zero-order chi connectivity index (χ0) is 9.26. The minimum Gasteiger partial charge on any atom is -0.495 e. The molecule has 2 atom stereocenters. The van der Waals surface area contributed by atoms with E-state index in [1.807, 2.05) is 12.1 Å². The molecule has 0 spiro atoms. The van der Waals surface area contributed by atoms with E-state index in [2.05, 4.69) is 17.2 Å². The first-order valence-corrected chi connectivity index (χ1v) is 4.56. The first-order valence-electron chi connectivity index (χ1n) is 4.56. The van der Waals surface area contributed by atoms with E-state index in [1.54, 1.807) is 13.3 Å². The third-order valence-corrected chi connectivity index (χ3v) is 2.41. The lowest BCUT2D eigenvalue weighted by molar-refractivity contribution is 0.413. The number of rotatable bonds is 3. The van der Waals surface area contributed by atoms with Gasteiger partial charge in [-0.15, -0.1) is 0 Å². The Morgan fingerprint density at radius 3 is 2.77 bits per heavy atom. The summed E-state index contributed by atoms with van der Waals surface area (Å²) in [6.45, 7) is 2.24. The van der Waals surface area contributed by atoms with Crippen LogP contribution >= 0.6 is 0 Å². The van der Waals surface area contributed by atoms with Gasteiger partial charge in [0.15, 0.2) is 0 Å². The van der Waals surface area contributed by atoms with Crippen molar-refractivity contribution in [2.45, 2.75) is 19.4 Å². The number of ether oxygens (including phenoxy) is 1. The van der Waals surface area contributed by atoms with Gasteiger partial charge in [0.25, 0.3) is 0 Å². The van der Waals surface area contributed by atoms with E-state index in [1.165, 1.54) is 6.42 Å². The van der Waals surface area contributed by atoms with Crippen molar-refractivity contribution in [3.8, 4) is 5.75 Å². The molecule has 0 bridgehead atoms. The molecule has 1 saturated carbocycles. The van der Waals surface area contributed by atoms with Gasteiger partial charge in [-0.2, -0.15) is 0 Å². The second kappa shape index (κ2) is 3.24. The largest absolute Gasteiger partial charge is 0.495 e. The first kappa shape index (κ1) is 8.35. The Morgan fingerprint density at radius 1 is 1.54 bits per heavy atom. The van der Waals surface area contributed by atoms with E-state index in [-0.39, 0.29) is 0 Å². The monoisotopic (exact) mass is 178 g/mol. The number of anilines is 1. The minimum atomic E-state index is 0.626. The molecular weight excluding hydrogens is 164 g/mol. The van der Waals surface area contributed by atoms with E-state index in [0.29, 0.717) is 6.04 Å². The summed E-state index contributed by atoms with van der Waals surface area (Å²) in [7, 11) is 1.65. The molecule has 1 aliphatic carbocycles. The highest BCUT2D eigenvalue weighted by Crippen LogP contribution is 2.32. The second-order valence-corrected chi connectivity index (χ2v) is 3.55. The van der Waals surface area contributed by atoms with Crippen LogP contribution in [0.25, 0.3) is 0 Å². The van der Waals surface area contributed by atoms with Gasteiger partial charge >= 0.3 is 0 Å². The van der Waals surface area contributed by atoms with Crippen LogP contribution in [0.1, 0.15) is 13.3 Å². The van der Waals surface area contributed by atoms with Crippen LogP contribution < -0.4 is 10.1 Å². The highest BCUT2D eigenvalue weighted by molar-refractivity contribution is 5.39. The standard InChI is InChI=1S/C10H14N2O/c1-7-5-9(7)12-10-4-3-8(13-2)6-11-10/h3-4,6-7,9H,5H2,1-2H3,(H,11,12). The van der Waals surface area contributed by atoms with E-state index < -0.39 is 0 Å². The van der Waals surface area contributed by atoms with Gasteiger partial charge in [0, 0.05) is 6.04 Å². The Kier molecular flexibility index (Phi) is 2.08. The molecule has 70 valence electrons. The Hall–Kier alpha value is -1.25. The summed E-state index contributed by atoms with van der Waals surface area (Å²) in [6, 6.07) is 4.49. The van der Waals surface area contributed by atoms with Crippen LogP contribution in [0.4, 0.5) is 5.82 Å². The topological polar surface area (TPSA) is 34.1 Å². The van der Waals surface area contributed by atoms with E-state index >= 15 is 0 Å². The van der Waals surface area contributed by atoms with Crippen LogP contribution in [-0.2, 0) is 0 Å². The van der Waals surface area contributed by atoms with Gasteiger partial charge in [0.2, 0.25) is 0 Å². The van der Waals surface area contributed by atoms with E-state index in [0.717, 1.165) is 17.5 Å². The van der Waals surface area contributed by atoms with Crippen molar-refractivity contribution in [3.05, 3.63) is 18.3 Å². The summed E-state index contributed by atoms with van der Waals surface area (Å²) in [5.74, 6) is 2.54. The maximum atomic E-state index is 5.02. The first-order chi connectivity index (χ1) is 6.29. The van der Waals surface area contributed by atoms with Crippen molar-refractivity contribution in [2.75, 3.05) is 12.4 Å². The van der Waals surface area contributed by atoms with Gasteiger partial charge < -0.3 is 10.1 Å². The molecule has 0 radical (unpaired) electrons. The van der Waals surface area contributed by atoms with Crippen LogP contribution in [0, 0.1) is 5.92 Å². The molecule has 3 heteroatoms. The summed E-state index contributed by atoms with van der Waals surface area (Å²) in [5, 5.41) is 3.35. The molecule has 0 aliphatic heterocycles. The predicted molar refractivity (Wildman–Crippen MR) is 52.0 cm³/mol. The van der Waals surface area contributed by atoms with Crippen molar-refractivity contribution < 1.29 is 4.74 Å². The van der Waals surface area contributed by atoms with E-state index in [9.17, 15) is 0 Å². The number of nitrogens with zero attached hydrogens (tertiary/aromatic N) is 1. The molecule has 1 aliphatic rings. The molecule has 0 aromatic carbocycles. The van der Waals surface area contributed by atoms with E-state index in [4.69, 9.17) is 4.74 Å². The van der Waals surface area contributed by atoms with Crippen molar-refractivity contribution >= 4 is 5.82 Å². The Balaban J connectivity index is 1.97. The smallest absolute Gasteiger partial charge is 0.137 e. The average molecular weight is 178 g/mol. The van der Waals surface area contributed by atoms with Crippen molar-refractivity contribution in [2.24, 2.45) is 5.92 Å². The Bertz CT molecular complexity index is 283. The summed E-state index contributed by atoms with van der Waals surface area (Å²) >= 11 is 0. The zero-order valence-electron chi connectivity index (χ0n) is 7.95. The molecule has 1 N–H and O–H groups in total. The number of nitrogens with one attached hydrogen (secondary N) is 1. The highest BCUT2D eigenvalue weighted by Gasteiger charge is 2.32. The molecule has 1 fully saturated rings. The van der Waals surface area contributed by atoms with Crippen LogP contribution in [0.3, 0.4) is 0 Å². The summed E-state index contributed by atoms with van der Waals surface area (Å²) in [5.41, 5.74) is 0. The molecule has 0 amide bonds. The van der Waals surface area contributed by atoms with Gasteiger partial charge in [-0.25, -0.2) is 4.98 Å². The lowest BCUT2D eigenvalue weighted by atomic mass is 10.4. The molecular formula is C10H14N2O. The summed E-state index contributed by atoms with van der Waals surface area (Å²) in [4.78, 5) is 4.23. The maximum Gasteiger partial charge on any atom is 0.137 e. The molecule has 0 saturated heterocycles. The van der Waals surface area contributed by atoms with Gasteiger partial charge in [-0.3, -0.25) is 0 Å². The van der Waals surface area contributed by atoms with Crippen LogP contribution in [0.15, 0.2) is 18.3 Å². The van der Waals surface area contributed by atoms with Crippen LogP contribution in [0.2, 0.25) is 0 Å². The lowest BCUT2D eigenvalue weighted by Crippen LogP contribution is -2.04. The van der Waals surface area contributed by atoms with Crippen LogP contribution in [0.5, 0.6) is 5.75 Å². The van der Waals surface area contributed by atoms with Crippen LogP contribution in [-0.4, -0.2) is 18.1 Å². The molecule has 3 nitrogen and oxygen atoms in total. The summed E-state index contributed by atoms with van der Waals surface area (Å²) < 4.78 is 5.02. The molecule has 1 aromatic rings. The minimum absolute atomic E-state index is 0.626. The third-order valence-electron chi connectivity index (χ3n) is 2.41. The van der Waals surface area contributed by atoms with Gasteiger partial charge in [0.1, 0.15) is 11.6 Å². The van der Waals surface area contributed by atoms with Gasteiger partial charge in [-0.05, 0) is 24.5 Å². The Labute approximate surface area is 78.1 Å². The normalized spacial score (nSPS) is 25.4. The maximum absolute atomic E-state index is 5.02. The Morgan fingerprint density at radius 2 is 2.31 bits per heavy atom. The lowest BCUT2D eigenvalue weighted by Gasteiger charge is -2.04. The third kappa shape index (κ3) is 1.91. The molecule has 1 aromatic heterocycles. The fourth-order valence-electron chi connectivity index (χ4n) is 1.30. The second-order valence-electron chi connectivity index (χ2n) is 3.55. The molecule has 2 rings (SSSR count). The molecule has 13 heavy (non-hydrogen) atoms. The van der Waals surface area contributed by atoms with Gasteiger partial charge in [-0.1, -0.05) is 6.92 Å². The quantitative estimate of drug-likeness (QED) is 0.767. The number of hydrogen-bond acceptors (Lipinski definition) is 3. The fourth-order valence-corrected chi connectivity index (χ4v) is 1.30. The van der Waals surface area contributed by atoms with Crippen molar-refractivity contribution in [1.82, 2.24) is 4.98 Å². The average Bonchev–Trinajstić information content (AvgIpc) is 2.83. The fraction of sp³-hybridized carbons (Fsp3) is 0.500. The van der Waals surface area contributed by atoms with Gasteiger partial charge in [0.05, 0.1) is 13.3 Å². The predicted octanol–water partition coefficient (Wildman–Crippen LogP) is 1.91. The number of aromatic nitrogens is 1. The molecule has 2 unspecified atom stereocenters. The molecule has 1 heterocycles. The highest BCUT2D eigenvalue weighted by atomic mass is 16.5. The zero-order valence-corrected chi connectivity index (χ0v) is 7.95.